The van der Waals surface area contributed by atoms with Gasteiger partial charge in [-0.1, -0.05) is 0 Å². The molecule has 0 N–H and O–H groups in total. The lowest BCUT2D eigenvalue weighted by Gasteiger charge is -2.09. The van der Waals surface area contributed by atoms with E-state index < -0.39 is 12.0 Å². The lowest BCUT2D eigenvalue weighted by Crippen LogP contribution is -2.12. The Morgan fingerprint density at radius 3 is 2.77 bits per heavy atom. The molecule has 0 aromatic carbocycles. The molecule has 114 valence electrons. The number of halogens is 3. The first-order valence-corrected chi connectivity index (χ1v) is 6.74. The summed E-state index contributed by atoms with van der Waals surface area (Å²) in [6.45, 7) is 0.419. The molecule has 0 amide bonds. The molecule has 6 nitrogen and oxygen atoms in total. The Bertz CT molecular complexity index is 856. The summed E-state index contributed by atoms with van der Waals surface area (Å²) in [6, 6.07) is 3.18. The summed E-state index contributed by atoms with van der Waals surface area (Å²) in [5.74, 6) is -0.642. The monoisotopic (exact) mass is 309 g/mol. The molecule has 0 spiro atoms. The van der Waals surface area contributed by atoms with E-state index in [4.69, 9.17) is 4.74 Å². The predicted molar refractivity (Wildman–Crippen MR) is 69.3 cm³/mol. The van der Waals surface area contributed by atoms with Crippen molar-refractivity contribution >= 4 is 16.8 Å². The van der Waals surface area contributed by atoms with Gasteiger partial charge < -0.3 is 4.74 Å². The number of ether oxygens (including phenoxy) is 1. The van der Waals surface area contributed by atoms with E-state index in [1.807, 2.05) is 0 Å². The van der Waals surface area contributed by atoms with E-state index in [9.17, 15) is 13.2 Å². The summed E-state index contributed by atoms with van der Waals surface area (Å²) in [7, 11) is 0. The molecule has 1 aliphatic rings. The Kier molecular flexibility index (Phi) is 2.72. The van der Waals surface area contributed by atoms with Crippen LogP contribution in [0.3, 0.4) is 0 Å². The molecular formula is C13H10F3N5O. The molecule has 3 aromatic rings. The van der Waals surface area contributed by atoms with Gasteiger partial charge in [-0.05, 0) is 30.9 Å². The van der Waals surface area contributed by atoms with Crippen LogP contribution in [0.15, 0.2) is 18.3 Å². The van der Waals surface area contributed by atoms with Gasteiger partial charge in [0.25, 0.3) is 5.88 Å². The average molecular weight is 309 g/mol. The van der Waals surface area contributed by atoms with Crippen molar-refractivity contribution in [2.24, 2.45) is 5.92 Å². The Labute approximate surface area is 122 Å². The quantitative estimate of drug-likeness (QED) is 0.743. The fraction of sp³-hybridized carbons (Fsp3) is 0.385. The minimum atomic E-state index is -4.64. The standard InChI is InChI=1S/C13H10F3N5O/c14-13(15,16)12-20-19-10-11(22-6-7-3-4-7)18-8-2-1-5-17-9(8)21(10)12/h1-2,5,7H,3-4,6H2. The third kappa shape index (κ3) is 2.13. The second-order valence-electron chi connectivity index (χ2n) is 5.20. The van der Waals surface area contributed by atoms with Gasteiger partial charge in [0.2, 0.25) is 11.5 Å². The highest BCUT2D eigenvalue weighted by atomic mass is 19.4. The minimum absolute atomic E-state index is 0.0496. The van der Waals surface area contributed by atoms with Crippen LogP contribution in [0.1, 0.15) is 18.7 Å². The third-order valence-corrected chi connectivity index (χ3v) is 3.46. The highest BCUT2D eigenvalue weighted by Gasteiger charge is 2.38. The summed E-state index contributed by atoms with van der Waals surface area (Å²) >= 11 is 0. The normalized spacial score (nSPS) is 15.6. The number of pyridine rings is 1. The van der Waals surface area contributed by atoms with E-state index >= 15 is 0 Å². The molecule has 1 fully saturated rings. The largest absolute Gasteiger partial charge is 0.475 e. The Morgan fingerprint density at radius 2 is 2.05 bits per heavy atom. The van der Waals surface area contributed by atoms with Crippen LogP contribution in [0, 0.1) is 5.92 Å². The first-order chi connectivity index (χ1) is 10.5. The van der Waals surface area contributed by atoms with Crippen LogP contribution in [0.5, 0.6) is 5.88 Å². The number of hydrogen-bond donors (Lipinski definition) is 0. The first-order valence-electron chi connectivity index (χ1n) is 6.74. The third-order valence-electron chi connectivity index (χ3n) is 3.46. The van der Waals surface area contributed by atoms with Crippen molar-refractivity contribution in [3.63, 3.8) is 0 Å². The van der Waals surface area contributed by atoms with Gasteiger partial charge in [0.15, 0.2) is 5.65 Å². The maximum atomic E-state index is 13.1. The summed E-state index contributed by atoms with van der Waals surface area (Å²) in [5, 5.41) is 6.85. The molecule has 1 saturated carbocycles. The Hall–Kier alpha value is -2.45. The van der Waals surface area contributed by atoms with Gasteiger partial charge >= 0.3 is 6.18 Å². The number of aromatic nitrogens is 5. The zero-order chi connectivity index (χ0) is 15.3. The fourth-order valence-corrected chi connectivity index (χ4v) is 2.19. The second-order valence-corrected chi connectivity index (χ2v) is 5.20. The lowest BCUT2D eigenvalue weighted by atomic mass is 10.4. The molecule has 9 heteroatoms. The molecule has 0 atom stereocenters. The van der Waals surface area contributed by atoms with Gasteiger partial charge in [-0.2, -0.15) is 13.2 Å². The van der Waals surface area contributed by atoms with Crippen LogP contribution in [-0.2, 0) is 6.18 Å². The first kappa shape index (κ1) is 13.2. The Balaban J connectivity index is 1.96. The van der Waals surface area contributed by atoms with Gasteiger partial charge in [0.05, 0.1) is 6.61 Å². The zero-order valence-electron chi connectivity index (χ0n) is 11.2. The maximum absolute atomic E-state index is 13.1. The molecule has 3 heterocycles. The van der Waals surface area contributed by atoms with E-state index in [1.165, 1.54) is 6.20 Å². The van der Waals surface area contributed by atoms with Crippen molar-refractivity contribution in [2.45, 2.75) is 19.0 Å². The van der Waals surface area contributed by atoms with Gasteiger partial charge in [-0.25, -0.2) is 14.4 Å². The molecule has 0 unspecified atom stereocenters. The molecule has 4 rings (SSSR count). The summed E-state index contributed by atoms with van der Waals surface area (Å²) in [4.78, 5) is 8.19. The van der Waals surface area contributed by atoms with Gasteiger partial charge in [-0.3, -0.25) is 0 Å². The van der Waals surface area contributed by atoms with E-state index in [0.717, 1.165) is 17.2 Å². The van der Waals surface area contributed by atoms with E-state index in [-0.39, 0.29) is 17.2 Å². The van der Waals surface area contributed by atoms with Crippen molar-refractivity contribution in [1.29, 1.82) is 0 Å². The molecule has 0 saturated heterocycles. The number of nitrogens with zero attached hydrogens (tertiary/aromatic N) is 5. The van der Waals surface area contributed by atoms with Gasteiger partial charge in [0, 0.05) is 6.20 Å². The number of alkyl halides is 3. The number of fused-ring (bicyclic) bond motifs is 3. The van der Waals surface area contributed by atoms with Crippen molar-refractivity contribution in [3.05, 3.63) is 24.2 Å². The van der Waals surface area contributed by atoms with E-state index in [2.05, 4.69) is 20.2 Å². The van der Waals surface area contributed by atoms with Crippen LogP contribution in [0.2, 0.25) is 0 Å². The molecule has 0 radical (unpaired) electrons. The minimum Gasteiger partial charge on any atom is -0.475 e. The topological polar surface area (TPSA) is 65.2 Å². The second kappa shape index (κ2) is 4.52. The molecule has 0 bridgehead atoms. The average Bonchev–Trinajstić information content (AvgIpc) is 3.18. The zero-order valence-corrected chi connectivity index (χ0v) is 11.2. The molecular weight excluding hydrogens is 299 g/mol. The number of rotatable bonds is 3. The predicted octanol–water partition coefficient (Wildman–Crippen LogP) is 2.48. The van der Waals surface area contributed by atoms with Crippen LogP contribution in [0.25, 0.3) is 16.8 Å². The van der Waals surface area contributed by atoms with E-state index in [1.54, 1.807) is 12.1 Å². The van der Waals surface area contributed by atoms with Crippen LogP contribution in [-0.4, -0.2) is 31.2 Å². The van der Waals surface area contributed by atoms with Crippen molar-refractivity contribution in [2.75, 3.05) is 6.61 Å². The Morgan fingerprint density at radius 1 is 1.23 bits per heavy atom. The van der Waals surface area contributed by atoms with Crippen LogP contribution < -0.4 is 4.74 Å². The molecule has 22 heavy (non-hydrogen) atoms. The van der Waals surface area contributed by atoms with E-state index in [0.29, 0.717) is 18.0 Å². The molecule has 3 aromatic heterocycles. The SMILES string of the molecule is FC(F)(F)c1nnc2c(OCC3CC3)nc3cccnc3n12. The molecule has 0 aliphatic heterocycles. The van der Waals surface area contributed by atoms with Gasteiger partial charge in [-0.15, -0.1) is 10.2 Å². The van der Waals surface area contributed by atoms with Crippen LogP contribution >= 0.6 is 0 Å². The summed E-state index contributed by atoms with van der Waals surface area (Å²) in [6.07, 6.45) is -1.12. The highest BCUT2D eigenvalue weighted by Crippen LogP contribution is 2.33. The van der Waals surface area contributed by atoms with Crippen molar-refractivity contribution < 1.29 is 17.9 Å². The van der Waals surface area contributed by atoms with Gasteiger partial charge in [0.1, 0.15) is 5.52 Å². The number of hydrogen-bond acceptors (Lipinski definition) is 5. The maximum Gasteiger partial charge on any atom is 0.452 e. The fourth-order valence-electron chi connectivity index (χ4n) is 2.19. The molecule has 1 aliphatic carbocycles. The highest BCUT2D eigenvalue weighted by molar-refractivity contribution is 5.76. The van der Waals surface area contributed by atoms with Crippen LogP contribution in [0.4, 0.5) is 13.2 Å². The lowest BCUT2D eigenvalue weighted by molar-refractivity contribution is -0.145. The summed E-state index contributed by atoms with van der Waals surface area (Å²) < 4.78 is 45.8. The van der Waals surface area contributed by atoms with Crippen molar-refractivity contribution in [3.8, 4) is 5.88 Å². The van der Waals surface area contributed by atoms with Crippen molar-refractivity contribution in [1.82, 2.24) is 24.6 Å². The summed E-state index contributed by atoms with van der Waals surface area (Å²) in [5.41, 5.74) is 0.277. The smallest absolute Gasteiger partial charge is 0.452 e.